The molecule has 5 nitrogen and oxygen atoms in total. The van der Waals surface area contributed by atoms with E-state index in [-0.39, 0.29) is 12.5 Å². The Bertz CT molecular complexity index is 743. The van der Waals surface area contributed by atoms with E-state index in [0.717, 1.165) is 30.8 Å². The van der Waals surface area contributed by atoms with E-state index >= 15 is 0 Å². The van der Waals surface area contributed by atoms with Crippen LogP contribution in [-0.2, 0) is 4.79 Å². The zero-order chi connectivity index (χ0) is 17.8. The van der Waals surface area contributed by atoms with Crippen LogP contribution in [0.1, 0.15) is 31.0 Å². The van der Waals surface area contributed by atoms with E-state index in [9.17, 15) is 4.79 Å². The minimum atomic E-state index is 0.0243. The molecule has 1 saturated heterocycles. The Kier molecular flexibility index (Phi) is 5.31. The molecule has 1 aromatic carbocycles. The van der Waals surface area contributed by atoms with E-state index in [2.05, 4.69) is 16.9 Å². The maximum atomic E-state index is 12.4. The number of amides is 1. The van der Waals surface area contributed by atoms with Crippen LogP contribution in [0.25, 0.3) is 11.4 Å². The van der Waals surface area contributed by atoms with Gasteiger partial charge < -0.3 is 9.64 Å². The Morgan fingerprint density at radius 3 is 2.72 bits per heavy atom. The first-order valence-corrected chi connectivity index (χ1v) is 8.84. The van der Waals surface area contributed by atoms with Crippen molar-refractivity contribution in [1.29, 1.82) is 0 Å². The van der Waals surface area contributed by atoms with Crippen molar-refractivity contribution >= 4 is 5.91 Å². The molecule has 0 unspecified atom stereocenters. The van der Waals surface area contributed by atoms with Crippen LogP contribution in [0.5, 0.6) is 5.88 Å². The van der Waals surface area contributed by atoms with E-state index in [1.54, 1.807) is 6.07 Å². The molecule has 1 amide bonds. The molecule has 2 heterocycles. The summed E-state index contributed by atoms with van der Waals surface area (Å²) in [7, 11) is 0. The molecule has 2 aromatic rings. The predicted octanol–water partition coefficient (Wildman–Crippen LogP) is 3.40. The van der Waals surface area contributed by atoms with Gasteiger partial charge in [0.1, 0.15) is 0 Å². The van der Waals surface area contributed by atoms with Gasteiger partial charge in [0.25, 0.3) is 5.91 Å². The fourth-order valence-corrected chi connectivity index (χ4v) is 3.09. The molecule has 132 valence electrons. The van der Waals surface area contributed by atoms with Gasteiger partial charge in [-0.05, 0) is 32.6 Å². The van der Waals surface area contributed by atoms with Crippen LogP contribution in [-0.4, -0.2) is 40.5 Å². The van der Waals surface area contributed by atoms with Crippen molar-refractivity contribution in [3.63, 3.8) is 0 Å². The van der Waals surface area contributed by atoms with Gasteiger partial charge in [0.05, 0.1) is 0 Å². The van der Waals surface area contributed by atoms with Crippen molar-refractivity contribution in [2.24, 2.45) is 5.92 Å². The molecule has 0 aliphatic carbocycles. The Morgan fingerprint density at radius 1 is 1.24 bits per heavy atom. The second-order valence-electron chi connectivity index (χ2n) is 6.91. The second-order valence-corrected chi connectivity index (χ2v) is 6.91. The van der Waals surface area contributed by atoms with Crippen LogP contribution in [0.3, 0.4) is 0 Å². The molecule has 0 spiro atoms. The van der Waals surface area contributed by atoms with Crippen LogP contribution < -0.4 is 4.74 Å². The van der Waals surface area contributed by atoms with E-state index in [1.165, 1.54) is 12.0 Å². The summed E-state index contributed by atoms with van der Waals surface area (Å²) in [6.07, 6.45) is 2.26. The highest BCUT2D eigenvalue weighted by molar-refractivity contribution is 5.77. The number of rotatable bonds is 4. The second kappa shape index (κ2) is 7.64. The SMILES string of the molecule is Cc1ccc(-c2nc(C)cc(OCC(=O)N3CCC[C@H](C)C3)n2)cc1. The number of piperidine rings is 1. The van der Waals surface area contributed by atoms with Crippen molar-refractivity contribution in [3.8, 4) is 17.3 Å². The summed E-state index contributed by atoms with van der Waals surface area (Å²) in [4.78, 5) is 23.2. The minimum Gasteiger partial charge on any atom is -0.467 e. The first-order chi connectivity index (χ1) is 12.0. The van der Waals surface area contributed by atoms with Crippen LogP contribution in [0, 0.1) is 19.8 Å². The highest BCUT2D eigenvalue weighted by Crippen LogP contribution is 2.20. The van der Waals surface area contributed by atoms with Crippen LogP contribution in [0.15, 0.2) is 30.3 Å². The average molecular weight is 339 g/mol. The monoisotopic (exact) mass is 339 g/mol. The quantitative estimate of drug-likeness (QED) is 0.857. The number of aryl methyl sites for hydroxylation is 2. The van der Waals surface area contributed by atoms with Gasteiger partial charge >= 0.3 is 0 Å². The Hall–Kier alpha value is -2.43. The summed E-state index contributed by atoms with van der Waals surface area (Å²) >= 11 is 0. The number of carbonyl (C=O) groups excluding carboxylic acids is 1. The van der Waals surface area contributed by atoms with Crippen molar-refractivity contribution < 1.29 is 9.53 Å². The van der Waals surface area contributed by atoms with Crippen LogP contribution >= 0.6 is 0 Å². The predicted molar refractivity (Wildman–Crippen MR) is 97.4 cm³/mol. The molecule has 25 heavy (non-hydrogen) atoms. The first kappa shape index (κ1) is 17.4. The summed E-state index contributed by atoms with van der Waals surface area (Å²) in [5, 5.41) is 0. The summed E-state index contributed by atoms with van der Waals surface area (Å²) < 4.78 is 5.68. The lowest BCUT2D eigenvalue weighted by Crippen LogP contribution is -2.41. The molecule has 3 rings (SSSR count). The van der Waals surface area contributed by atoms with Gasteiger partial charge in [-0.25, -0.2) is 4.98 Å². The van der Waals surface area contributed by atoms with Gasteiger partial charge in [0.15, 0.2) is 12.4 Å². The maximum Gasteiger partial charge on any atom is 0.260 e. The summed E-state index contributed by atoms with van der Waals surface area (Å²) in [6.45, 7) is 7.80. The number of hydrogen-bond acceptors (Lipinski definition) is 4. The number of nitrogens with zero attached hydrogens (tertiary/aromatic N) is 3. The summed E-state index contributed by atoms with van der Waals surface area (Å²) in [5.41, 5.74) is 2.95. The number of carbonyl (C=O) groups is 1. The van der Waals surface area contributed by atoms with Gasteiger partial charge in [-0.1, -0.05) is 36.8 Å². The summed E-state index contributed by atoms with van der Waals surface area (Å²) in [6, 6.07) is 9.82. The Morgan fingerprint density at radius 2 is 2.00 bits per heavy atom. The fourth-order valence-electron chi connectivity index (χ4n) is 3.09. The molecular weight excluding hydrogens is 314 g/mol. The highest BCUT2D eigenvalue weighted by atomic mass is 16.5. The lowest BCUT2D eigenvalue weighted by molar-refractivity contribution is -0.135. The zero-order valence-electron chi connectivity index (χ0n) is 15.2. The molecule has 1 fully saturated rings. The molecule has 0 N–H and O–H groups in total. The molecule has 0 radical (unpaired) electrons. The lowest BCUT2D eigenvalue weighted by atomic mass is 10.0. The number of aromatic nitrogens is 2. The fraction of sp³-hybridized carbons (Fsp3) is 0.450. The molecule has 1 aromatic heterocycles. The molecule has 1 aliphatic rings. The largest absolute Gasteiger partial charge is 0.467 e. The van der Waals surface area contributed by atoms with Crippen molar-refractivity contribution in [2.75, 3.05) is 19.7 Å². The van der Waals surface area contributed by atoms with E-state index in [0.29, 0.717) is 17.6 Å². The smallest absolute Gasteiger partial charge is 0.260 e. The Labute approximate surface area is 149 Å². The van der Waals surface area contributed by atoms with Crippen molar-refractivity contribution in [3.05, 3.63) is 41.6 Å². The molecular formula is C20H25N3O2. The molecule has 1 aliphatic heterocycles. The number of ether oxygens (including phenoxy) is 1. The highest BCUT2D eigenvalue weighted by Gasteiger charge is 2.21. The number of hydrogen-bond donors (Lipinski definition) is 0. The van der Waals surface area contributed by atoms with Gasteiger partial charge in [0.2, 0.25) is 5.88 Å². The van der Waals surface area contributed by atoms with E-state index < -0.39 is 0 Å². The maximum absolute atomic E-state index is 12.4. The van der Waals surface area contributed by atoms with E-state index in [4.69, 9.17) is 4.74 Å². The minimum absolute atomic E-state index is 0.0243. The molecule has 0 saturated carbocycles. The third-order valence-corrected chi connectivity index (χ3v) is 4.49. The van der Waals surface area contributed by atoms with Gasteiger partial charge in [0, 0.05) is 30.4 Å². The number of likely N-dealkylation sites (tertiary alicyclic amines) is 1. The van der Waals surface area contributed by atoms with Crippen LogP contribution in [0.2, 0.25) is 0 Å². The number of benzene rings is 1. The van der Waals surface area contributed by atoms with Crippen molar-refractivity contribution in [2.45, 2.75) is 33.6 Å². The Balaban J connectivity index is 1.68. The van der Waals surface area contributed by atoms with Gasteiger partial charge in [-0.3, -0.25) is 4.79 Å². The van der Waals surface area contributed by atoms with Crippen molar-refractivity contribution in [1.82, 2.24) is 14.9 Å². The average Bonchev–Trinajstić information content (AvgIpc) is 2.60. The van der Waals surface area contributed by atoms with Gasteiger partial charge in [-0.15, -0.1) is 0 Å². The third-order valence-electron chi connectivity index (χ3n) is 4.49. The van der Waals surface area contributed by atoms with Crippen LogP contribution in [0.4, 0.5) is 0 Å². The standard InChI is InChI=1S/C20H25N3O2/c1-14-6-8-17(9-7-14)20-21-16(3)11-18(22-20)25-13-19(24)23-10-4-5-15(2)12-23/h6-9,11,15H,4-5,10,12-13H2,1-3H3/t15-/m0/s1. The summed E-state index contributed by atoms with van der Waals surface area (Å²) in [5.74, 6) is 1.65. The van der Waals surface area contributed by atoms with Gasteiger partial charge in [-0.2, -0.15) is 4.98 Å². The molecule has 5 heteroatoms. The zero-order valence-corrected chi connectivity index (χ0v) is 15.2. The third kappa shape index (κ3) is 4.56. The van der Waals surface area contributed by atoms with E-state index in [1.807, 2.05) is 43.0 Å². The topological polar surface area (TPSA) is 55.3 Å². The first-order valence-electron chi connectivity index (χ1n) is 8.84. The molecule has 0 bridgehead atoms. The lowest BCUT2D eigenvalue weighted by Gasteiger charge is -2.30. The normalized spacial score (nSPS) is 17.4. The molecule has 1 atom stereocenters.